The highest BCUT2D eigenvalue weighted by atomic mass is 79.9. The number of sulfone groups is 1. The van der Waals surface area contributed by atoms with E-state index in [2.05, 4.69) is 15.9 Å². The lowest BCUT2D eigenvalue weighted by Crippen LogP contribution is -2.13. The van der Waals surface area contributed by atoms with Crippen LogP contribution in [-0.4, -0.2) is 53.0 Å². The van der Waals surface area contributed by atoms with Gasteiger partial charge in [0.05, 0.1) is 35.6 Å². The summed E-state index contributed by atoms with van der Waals surface area (Å²) in [6.45, 7) is 2.76. The summed E-state index contributed by atoms with van der Waals surface area (Å²) < 4.78 is 40.2. The smallest absolute Gasteiger partial charge is 0.253 e. The summed E-state index contributed by atoms with van der Waals surface area (Å²) in [5.41, 5.74) is 0.136. The summed E-state index contributed by atoms with van der Waals surface area (Å²) in [6.07, 6.45) is 0. The fourth-order valence-corrected chi connectivity index (χ4v) is 3.74. The Morgan fingerprint density at radius 2 is 1.87 bits per heavy atom. The standard InChI is InChI=1S/C14H18BrClO6S/c1-3-23(18,19)11-5-4-10(14(16)17)12(15)13(11)22-9-8-21-7-6-20-2/h4-5H,3,6-9H2,1-2H3. The van der Waals surface area contributed by atoms with Crippen LogP contribution in [0.3, 0.4) is 0 Å². The number of carbonyl (C=O) groups excluding carboxylic acids is 1. The molecule has 23 heavy (non-hydrogen) atoms. The fourth-order valence-electron chi connectivity index (χ4n) is 1.67. The lowest BCUT2D eigenvalue weighted by molar-refractivity contribution is 0.0538. The molecule has 1 rings (SSSR count). The van der Waals surface area contributed by atoms with Gasteiger partial charge in [0, 0.05) is 7.11 Å². The second-order valence-corrected chi connectivity index (χ2v) is 7.77. The minimum Gasteiger partial charge on any atom is -0.489 e. The first kappa shape index (κ1) is 20.4. The number of halogens is 2. The zero-order chi connectivity index (χ0) is 17.5. The molecule has 0 bridgehead atoms. The molecule has 1 aromatic carbocycles. The second kappa shape index (κ2) is 9.58. The maximum atomic E-state index is 12.2. The van der Waals surface area contributed by atoms with Crippen molar-refractivity contribution in [3.05, 3.63) is 22.2 Å². The average molecular weight is 430 g/mol. The van der Waals surface area contributed by atoms with Crippen molar-refractivity contribution in [1.82, 2.24) is 0 Å². The number of benzene rings is 1. The molecule has 0 aliphatic heterocycles. The maximum absolute atomic E-state index is 12.2. The Kier molecular flexibility index (Phi) is 8.49. The van der Waals surface area contributed by atoms with Gasteiger partial charge in [0.15, 0.2) is 15.6 Å². The molecular weight excluding hydrogens is 412 g/mol. The molecule has 0 aromatic heterocycles. The van der Waals surface area contributed by atoms with E-state index in [1.165, 1.54) is 19.1 Å². The van der Waals surface area contributed by atoms with Crippen LogP contribution in [0.25, 0.3) is 0 Å². The van der Waals surface area contributed by atoms with E-state index in [1.807, 2.05) is 0 Å². The van der Waals surface area contributed by atoms with E-state index in [4.69, 9.17) is 25.8 Å². The molecular formula is C14H18BrClO6S. The third-order valence-electron chi connectivity index (χ3n) is 2.89. The quantitative estimate of drug-likeness (QED) is 0.420. The van der Waals surface area contributed by atoms with E-state index in [1.54, 1.807) is 7.11 Å². The molecule has 0 radical (unpaired) electrons. The largest absolute Gasteiger partial charge is 0.489 e. The van der Waals surface area contributed by atoms with Gasteiger partial charge in [0.1, 0.15) is 11.5 Å². The zero-order valence-electron chi connectivity index (χ0n) is 12.8. The number of carbonyl (C=O) groups is 1. The van der Waals surface area contributed by atoms with Crippen molar-refractivity contribution < 1.29 is 27.4 Å². The Bertz CT molecular complexity index is 647. The van der Waals surface area contributed by atoms with Crippen LogP contribution >= 0.6 is 27.5 Å². The average Bonchev–Trinajstić information content (AvgIpc) is 2.51. The SMILES string of the molecule is CCS(=O)(=O)c1ccc(C(=O)Cl)c(Br)c1OCCOCCOC. The van der Waals surface area contributed by atoms with Gasteiger partial charge in [-0.3, -0.25) is 4.79 Å². The molecule has 6 nitrogen and oxygen atoms in total. The highest BCUT2D eigenvalue weighted by Gasteiger charge is 2.23. The summed E-state index contributed by atoms with van der Waals surface area (Å²) >= 11 is 8.68. The van der Waals surface area contributed by atoms with Crippen LogP contribution < -0.4 is 4.74 Å². The minimum atomic E-state index is -3.52. The lowest BCUT2D eigenvalue weighted by atomic mass is 10.2. The number of ether oxygens (including phenoxy) is 3. The fraction of sp³-hybridized carbons (Fsp3) is 0.500. The Balaban J connectivity index is 3.01. The van der Waals surface area contributed by atoms with Gasteiger partial charge in [-0.1, -0.05) is 6.92 Å². The monoisotopic (exact) mass is 428 g/mol. The summed E-state index contributed by atoms with van der Waals surface area (Å²) in [7, 11) is -1.95. The Morgan fingerprint density at radius 1 is 1.22 bits per heavy atom. The van der Waals surface area contributed by atoms with Crippen molar-refractivity contribution in [1.29, 1.82) is 0 Å². The molecule has 1 aromatic rings. The van der Waals surface area contributed by atoms with E-state index >= 15 is 0 Å². The van der Waals surface area contributed by atoms with Crippen LogP contribution in [0.2, 0.25) is 0 Å². The normalized spacial score (nSPS) is 11.5. The van der Waals surface area contributed by atoms with Gasteiger partial charge in [-0.15, -0.1) is 0 Å². The van der Waals surface area contributed by atoms with E-state index in [0.29, 0.717) is 13.2 Å². The molecule has 9 heteroatoms. The summed E-state index contributed by atoms with van der Waals surface area (Å²) in [5, 5.41) is -0.710. The highest BCUT2D eigenvalue weighted by molar-refractivity contribution is 9.10. The summed E-state index contributed by atoms with van der Waals surface area (Å²) in [4.78, 5) is 11.4. The first-order chi connectivity index (χ1) is 10.8. The van der Waals surface area contributed by atoms with Crippen LogP contribution in [0, 0.1) is 0 Å². The number of hydrogen-bond donors (Lipinski definition) is 0. The summed E-state index contributed by atoms with van der Waals surface area (Å²) in [5.74, 6) is -0.0254. The predicted octanol–water partition coefficient (Wildman–Crippen LogP) is 2.66. The topological polar surface area (TPSA) is 78.9 Å². The Morgan fingerprint density at radius 3 is 2.43 bits per heavy atom. The van der Waals surface area contributed by atoms with Crippen LogP contribution in [0.1, 0.15) is 17.3 Å². The van der Waals surface area contributed by atoms with Crippen molar-refractivity contribution in [2.45, 2.75) is 11.8 Å². The highest BCUT2D eigenvalue weighted by Crippen LogP contribution is 2.36. The van der Waals surface area contributed by atoms with Crippen molar-refractivity contribution in [3.63, 3.8) is 0 Å². The molecule has 0 saturated heterocycles. The van der Waals surface area contributed by atoms with Crippen molar-refractivity contribution in [2.75, 3.05) is 39.3 Å². The van der Waals surface area contributed by atoms with Gasteiger partial charge >= 0.3 is 0 Å². The molecule has 0 unspecified atom stereocenters. The molecule has 0 amide bonds. The van der Waals surface area contributed by atoms with Crippen LogP contribution in [0.15, 0.2) is 21.5 Å². The summed E-state index contributed by atoms with van der Waals surface area (Å²) in [6, 6.07) is 2.67. The molecule has 130 valence electrons. The predicted molar refractivity (Wildman–Crippen MR) is 90.2 cm³/mol. The van der Waals surface area contributed by atoms with Crippen molar-refractivity contribution in [3.8, 4) is 5.75 Å². The van der Waals surface area contributed by atoms with E-state index in [9.17, 15) is 13.2 Å². The van der Waals surface area contributed by atoms with E-state index < -0.39 is 15.1 Å². The lowest BCUT2D eigenvalue weighted by Gasteiger charge is -2.15. The number of methoxy groups -OCH3 is 1. The Labute approximate surface area is 149 Å². The maximum Gasteiger partial charge on any atom is 0.253 e. The number of hydrogen-bond acceptors (Lipinski definition) is 6. The van der Waals surface area contributed by atoms with Gasteiger partial charge in [-0.05, 0) is 39.7 Å². The minimum absolute atomic E-state index is 0.00503. The van der Waals surface area contributed by atoms with Crippen LogP contribution in [-0.2, 0) is 19.3 Å². The van der Waals surface area contributed by atoms with Crippen molar-refractivity contribution in [2.24, 2.45) is 0 Å². The first-order valence-corrected chi connectivity index (χ1v) is 9.62. The van der Waals surface area contributed by atoms with Gasteiger partial charge in [0.2, 0.25) is 0 Å². The molecule has 0 saturated carbocycles. The first-order valence-electron chi connectivity index (χ1n) is 6.79. The zero-order valence-corrected chi connectivity index (χ0v) is 16.0. The molecule has 0 spiro atoms. The van der Waals surface area contributed by atoms with Gasteiger partial charge < -0.3 is 14.2 Å². The number of rotatable bonds is 10. The van der Waals surface area contributed by atoms with E-state index in [-0.39, 0.29) is 39.6 Å². The third kappa shape index (κ3) is 5.72. The molecule has 0 aliphatic rings. The van der Waals surface area contributed by atoms with Gasteiger partial charge in [0.25, 0.3) is 5.24 Å². The van der Waals surface area contributed by atoms with E-state index in [0.717, 1.165) is 0 Å². The second-order valence-electron chi connectivity index (χ2n) is 4.39. The molecule has 0 heterocycles. The third-order valence-corrected chi connectivity index (χ3v) is 5.64. The van der Waals surface area contributed by atoms with Crippen LogP contribution in [0.5, 0.6) is 5.75 Å². The molecule has 0 N–H and O–H groups in total. The molecule has 0 aliphatic carbocycles. The Hall–Kier alpha value is -0.670. The van der Waals surface area contributed by atoms with Gasteiger partial charge in [-0.2, -0.15) is 0 Å². The molecule has 0 atom stereocenters. The molecule has 0 fully saturated rings. The van der Waals surface area contributed by atoms with Gasteiger partial charge in [-0.25, -0.2) is 8.42 Å². The van der Waals surface area contributed by atoms with Crippen molar-refractivity contribution >= 4 is 42.6 Å². The van der Waals surface area contributed by atoms with Crippen LogP contribution in [0.4, 0.5) is 0 Å².